The second-order valence-electron chi connectivity index (χ2n) is 5.64. The summed E-state index contributed by atoms with van der Waals surface area (Å²) < 4.78 is 13.0. The second-order valence-corrected chi connectivity index (χ2v) is 5.64. The van der Waals surface area contributed by atoms with Crippen LogP contribution in [0.1, 0.15) is 21.5 Å². The highest BCUT2D eigenvalue weighted by Gasteiger charge is 2.08. The number of pyridine rings is 1. The maximum atomic E-state index is 13.0. The van der Waals surface area contributed by atoms with Gasteiger partial charge in [-0.2, -0.15) is 0 Å². The van der Waals surface area contributed by atoms with E-state index in [-0.39, 0.29) is 11.7 Å². The van der Waals surface area contributed by atoms with Crippen molar-refractivity contribution in [3.63, 3.8) is 0 Å². The van der Waals surface area contributed by atoms with Gasteiger partial charge in [-0.1, -0.05) is 42.0 Å². The lowest BCUT2D eigenvalue weighted by atomic mass is 10.1. The van der Waals surface area contributed by atoms with Crippen LogP contribution < -0.4 is 5.32 Å². The molecule has 0 saturated carbocycles. The minimum Gasteiger partial charge on any atom is -0.348 e. The van der Waals surface area contributed by atoms with Crippen LogP contribution in [0.5, 0.6) is 0 Å². The molecule has 1 N–H and O–H groups in total. The quantitative estimate of drug-likeness (QED) is 0.785. The first kappa shape index (κ1) is 15.9. The van der Waals surface area contributed by atoms with E-state index in [0.29, 0.717) is 12.1 Å². The first-order chi connectivity index (χ1) is 11.6. The van der Waals surface area contributed by atoms with Crippen molar-refractivity contribution in [1.29, 1.82) is 0 Å². The fraction of sp³-hybridized carbons (Fsp3) is 0.100. The molecule has 0 aliphatic heterocycles. The lowest BCUT2D eigenvalue weighted by Gasteiger charge is -2.07. The smallest absolute Gasteiger partial charge is 0.253 e. The van der Waals surface area contributed by atoms with E-state index in [2.05, 4.69) is 10.3 Å². The maximum Gasteiger partial charge on any atom is 0.253 e. The Morgan fingerprint density at radius 1 is 1.00 bits per heavy atom. The van der Waals surface area contributed by atoms with Crippen LogP contribution in [-0.4, -0.2) is 10.9 Å². The van der Waals surface area contributed by atoms with Gasteiger partial charge in [0.25, 0.3) is 5.91 Å². The molecule has 3 nitrogen and oxygen atoms in total. The van der Waals surface area contributed by atoms with Crippen molar-refractivity contribution in [2.75, 3.05) is 0 Å². The number of nitrogens with zero attached hydrogens (tertiary/aromatic N) is 1. The van der Waals surface area contributed by atoms with Gasteiger partial charge < -0.3 is 5.32 Å². The molecule has 3 aromatic rings. The van der Waals surface area contributed by atoms with Gasteiger partial charge in [0.05, 0.1) is 5.56 Å². The number of aryl methyl sites for hydroxylation is 1. The number of benzene rings is 2. The summed E-state index contributed by atoms with van der Waals surface area (Å²) in [4.78, 5) is 16.4. The Labute approximate surface area is 140 Å². The monoisotopic (exact) mass is 320 g/mol. The highest BCUT2D eigenvalue weighted by atomic mass is 19.1. The number of hydrogen-bond donors (Lipinski definition) is 1. The number of halogens is 1. The minimum atomic E-state index is -0.293. The molecule has 0 saturated heterocycles. The summed E-state index contributed by atoms with van der Waals surface area (Å²) in [5.41, 5.74) is 4.29. The summed E-state index contributed by atoms with van der Waals surface area (Å²) in [5.74, 6) is -0.481. The number of hydrogen-bond acceptors (Lipinski definition) is 2. The molecule has 24 heavy (non-hydrogen) atoms. The van der Waals surface area contributed by atoms with Crippen LogP contribution in [0.25, 0.3) is 11.1 Å². The van der Waals surface area contributed by atoms with Gasteiger partial charge in [0.15, 0.2) is 0 Å². The van der Waals surface area contributed by atoms with Crippen molar-refractivity contribution in [2.24, 2.45) is 0 Å². The van der Waals surface area contributed by atoms with Crippen LogP contribution in [0, 0.1) is 12.7 Å². The third kappa shape index (κ3) is 3.84. The summed E-state index contributed by atoms with van der Waals surface area (Å²) in [5, 5.41) is 2.88. The van der Waals surface area contributed by atoms with E-state index >= 15 is 0 Å². The Morgan fingerprint density at radius 3 is 2.42 bits per heavy atom. The normalized spacial score (nSPS) is 10.4. The highest BCUT2D eigenvalue weighted by molar-refractivity contribution is 5.95. The molecule has 4 heteroatoms. The SMILES string of the molecule is Cc1ccc(CNC(=O)c2cncc(-c3ccc(F)cc3)c2)cc1. The molecular weight excluding hydrogens is 303 g/mol. The zero-order chi connectivity index (χ0) is 16.9. The van der Waals surface area contributed by atoms with Crippen LogP contribution >= 0.6 is 0 Å². The van der Waals surface area contributed by atoms with E-state index in [4.69, 9.17) is 0 Å². The van der Waals surface area contributed by atoms with Crippen LogP contribution in [-0.2, 0) is 6.54 Å². The van der Waals surface area contributed by atoms with Crippen molar-refractivity contribution in [1.82, 2.24) is 10.3 Å². The van der Waals surface area contributed by atoms with E-state index in [1.807, 2.05) is 31.2 Å². The Bertz CT molecular complexity index is 842. The summed E-state index contributed by atoms with van der Waals surface area (Å²) in [6, 6.07) is 15.9. The van der Waals surface area contributed by atoms with Gasteiger partial charge in [-0.3, -0.25) is 9.78 Å². The lowest BCUT2D eigenvalue weighted by molar-refractivity contribution is 0.0950. The van der Waals surface area contributed by atoms with Gasteiger partial charge in [-0.15, -0.1) is 0 Å². The number of carbonyl (C=O) groups excluding carboxylic acids is 1. The van der Waals surface area contributed by atoms with E-state index in [9.17, 15) is 9.18 Å². The summed E-state index contributed by atoms with van der Waals surface area (Å²) >= 11 is 0. The maximum absolute atomic E-state index is 13.0. The predicted octanol–water partition coefficient (Wildman–Crippen LogP) is 4.13. The van der Waals surface area contributed by atoms with Crippen molar-refractivity contribution < 1.29 is 9.18 Å². The van der Waals surface area contributed by atoms with E-state index in [1.54, 1.807) is 24.4 Å². The van der Waals surface area contributed by atoms with Crippen LogP contribution in [0.4, 0.5) is 4.39 Å². The molecule has 2 aromatic carbocycles. The topological polar surface area (TPSA) is 42.0 Å². The van der Waals surface area contributed by atoms with Crippen molar-refractivity contribution in [2.45, 2.75) is 13.5 Å². The Hall–Kier alpha value is -3.01. The van der Waals surface area contributed by atoms with Gasteiger partial charge >= 0.3 is 0 Å². The molecule has 0 spiro atoms. The number of nitrogens with one attached hydrogen (secondary N) is 1. The summed E-state index contributed by atoms with van der Waals surface area (Å²) in [6.45, 7) is 2.48. The molecule has 120 valence electrons. The Morgan fingerprint density at radius 2 is 1.71 bits per heavy atom. The van der Waals surface area contributed by atoms with Gasteiger partial charge in [-0.25, -0.2) is 4.39 Å². The van der Waals surface area contributed by atoms with Gasteiger partial charge in [0, 0.05) is 24.5 Å². The Balaban J connectivity index is 1.72. The van der Waals surface area contributed by atoms with Crippen LogP contribution in [0.15, 0.2) is 67.0 Å². The molecule has 0 fully saturated rings. The molecule has 0 radical (unpaired) electrons. The molecule has 3 rings (SSSR count). The molecule has 1 aromatic heterocycles. The minimum absolute atomic E-state index is 0.188. The third-order valence-corrected chi connectivity index (χ3v) is 3.75. The zero-order valence-corrected chi connectivity index (χ0v) is 13.3. The third-order valence-electron chi connectivity index (χ3n) is 3.75. The molecular formula is C20H17FN2O. The van der Waals surface area contributed by atoms with Gasteiger partial charge in [0.2, 0.25) is 0 Å². The van der Waals surface area contributed by atoms with E-state index in [0.717, 1.165) is 16.7 Å². The Kier molecular flexibility index (Phi) is 4.66. The number of amides is 1. The highest BCUT2D eigenvalue weighted by Crippen LogP contribution is 2.19. The molecule has 0 aliphatic carbocycles. The van der Waals surface area contributed by atoms with Gasteiger partial charge in [0.1, 0.15) is 5.82 Å². The lowest BCUT2D eigenvalue weighted by Crippen LogP contribution is -2.22. The molecule has 1 heterocycles. The van der Waals surface area contributed by atoms with Crippen molar-refractivity contribution in [3.8, 4) is 11.1 Å². The fourth-order valence-corrected chi connectivity index (χ4v) is 2.35. The van der Waals surface area contributed by atoms with Crippen molar-refractivity contribution >= 4 is 5.91 Å². The second kappa shape index (κ2) is 7.04. The van der Waals surface area contributed by atoms with E-state index in [1.165, 1.54) is 23.9 Å². The molecule has 1 amide bonds. The fourth-order valence-electron chi connectivity index (χ4n) is 2.35. The summed E-state index contributed by atoms with van der Waals surface area (Å²) in [6.07, 6.45) is 3.18. The molecule has 0 unspecified atom stereocenters. The van der Waals surface area contributed by atoms with Gasteiger partial charge in [-0.05, 0) is 36.2 Å². The summed E-state index contributed by atoms with van der Waals surface area (Å²) in [7, 11) is 0. The largest absolute Gasteiger partial charge is 0.348 e. The van der Waals surface area contributed by atoms with Crippen molar-refractivity contribution in [3.05, 3.63) is 89.5 Å². The van der Waals surface area contributed by atoms with Crippen LogP contribution in [0.3, 0.4) is 0 Å². The number of carbonyl (C=O) groups is 1. The number of rotatable bonds is 4. The standard InChI is InChI=1S/C20H17FN2O/c1-14-2-4-15(5-3-14)11-23-20(24)18-10-17(12-22-13-18)16-6-8-19(21)9-7-16/h2-10,12-13H,11H2,1H3,(H,23,24). The molecule has 0 atom stereocenters. The molecule has 0 bridgehead atoms. The first-order valence-electron chi connectivity index (χ1n) is 7.66. The van der Waals surface area contributed by atoms with E-state index < -0.39 is 0 Å². The average molecular weight is 320 g/mol. The zero-order valence-electron chi connectivity index (χ0n) is 13.3. The molecule has 0 aliphatic rings. The average Bonchev–Trinajstić information content (AvgIpc) is 2.62. The number of aromatic nitrogens is 1. The predicted molar refractivity (Wildman–Crippen MR) is 92.0 cm³/mol. The first-order valence-corrected chi connectivity index (χ1v) is 7.66. The van der Waals surface area contributed by atoms with Crippen LogP contribution in [0.2, 0.25) is 0 Å².